The third kappa shape index (κ3) is 7.05. The molecule has 0 fully saturated rings. The zero-order valence-corrected chi connectivity index (χ0v) is 14.8. The van der Waals surface area contributed by atoms with Crippen LogP contribution in [0.25, 0.3) is 0 Å². The summed E-state index contributed by atoms with van der Waals surface area (Å²) in [6.07, 6.45) is 2.36. The van der Waals surface area contributed by atoms with Crippen LogP contribution in [0.1, 0.15) is 44.1 Å². The first-order valence-electron chi connectivity index (χ1n) is 8.87. The van der Waals surface area contributed by atoms with Crippen LogP contribution in [0, 0.1) is 0 Å². The van der Waals surface area contributed by atoms with Crippen LogP contribution in [-0.2, 0) is 15.8 Å². The molecule has 0 heterocycles. The molecule has 0 bridgehead atoms. The van der Waals surface area contributed by atoms with E-state index in [1.54, 1.807) is 0 Å². The lowest BCUT2D eigenvalue weighted by Crippen LogP contribution is -2.40. The van der Waals surface area contributed by atoms with Crippen molar-refractivity contribution in [3.8, 4) is 0 Å². The van der Waals surface area contributed by atoms with Gasteiger partial charge in [0.25, 0.3) is 0 Å². The van der Waals surface area contributed by atoms with E-state index in [0.717, 1.165) is 37.8 Å². The Kier molecular flexibility index (Phi) is 7.41. The summed E-state index contributed by atoms with van der Waals surface area (Å²) in [6.45, 7) is 0.430. The Morgan fingerprint density at radius 3 is 2.63 bits per heavy atom. The molecular formula is C19H23F3N2O3. The fourth-order valence-electron chi connectivity index (χ4n) is 2.96. The third-order valence-corrected chi connectivity index (χ3v) is 4.38. The van der Waals surface area contributed by atoms with Gasteiger partial charge in [-0.05, 0) is 56.8 Å². The van der Waals surface area contributed by atoms with Crippen LogP contribution >= 0.6 is 0 Å². The van der Waals surface area contributed by atoms with Gasteiger partial charge in [0.05, 0.1) is 12.0 Å². The number of halogens is 3. The van der Waals surface area contributed by atoms with Gasteiger partial charge in [-0.1, -0.05) is 17.7 Å². The van der Waals surface area contributed by atoms with E-state index >= 15 is 0 Å². The largest absolute Gasteiger partial charge is 0.480 e. The van der Waals surface area contributed by atoms with Crippen LogP contribution in [0.4, 0.5) is 18.9 Å². The first-order chi connectivity index (χ1) is 12.8. The van der Waals surface area contributed by atoms with Gasteiger partial charge in [-0.2, -0.15) is 13.2 Å². The summed E-state index contributed by atoms with van der Waals surface area (Å²) in [6, 6.07) is 3.13. The fraction of sp³-hybridized carbons (Fsp3) is 0.474. The molecule has 1 aliphatic rings. The Labute approximate surface area is 155 Å². The summed E-state index contributed by atoms with van der Waals surface area (Å²) in [4.78, 5) is 23.4. The van der Waals surface area contributed by atoms with Crippen molar-refractivity contribution in [2.45, 2.75) is 50.7 Å². The smallest absolute Gasteiger partial charge is 0.416 e. The predicted molar refractivity (Wildman–Crippen MR) is 95.3 cm³/mol. The van der Waals surface area contributed by atoms with E-state index in [0.29, 0.717) is 6.54 Å². The van der Waals surface area contributed by atoms with Gasteiger partial charge in [-0.15, -0.1) is 0 Å². The van der Waals surface area contributed by atoms with E-state index in [4.69, 9.17) is 0 Å². The van der Waals surface area contributed by atoms with Gasteiger partial charge in [-0.25, -0.2) is 0 Å². The Balaban J connectivity index is 1.87. The van der Waals surface area contributed by atoms with Gasteiger partial charge in [0.2, 0.25) is 5.91 Å². The maximum Gasteiger partial charge on any atom is 0.416 e. The number of hydrogen-bond donors (Lipinski definition) is 3. The Bertz CT molecular complexity index is 702. The molecule has 1 aliphatic carbocycles. The van der Waals surface area contributed by atoms with E-state index in [-0.39, 0.29) is 12.1 Å². The predicted octanol–water partition coefficient (Wildman–Crippen LogP) is 3.97. The minimum atomic E-state index is -4.51. The number of hydrogen-bond acceptors (Lipinski definition) is 3. The highest BCUT2D eigenvalue weighted by Gasteiger charge is 2.30. The average molecular weight is 384 g/mol. The molecule has 0 aliphatic heterocycles. The number of carboxylic acid groups (broad SMARTS) is 1. The number of rotatable bonds is 8. The molecule has 0 spiro atoms. The number of alkyl halides is 3. The molecule has 5 nitrogen and oxygen atoms in total. The van der Waals surface area contributed by atoms with Crippen LogP contribution in [0.3, 0.4) is 0 Å². The molecule has 0 aromatic heterocycles. The quantitative estimate of drug-likeness (QED) is 0.593. The second kappa shape index (κ2) is 9.55. The van der Waals surface area contributed by atoms with Crippen LogP contribution in [-0.4, -0.2) is 29.6 Å². The molecule has 0 saturated heterocycles. The number of allylic oxidation sites excluding steroid dienone is 1. The van der Waals surface area contributed by atoms with Gasteiger partial charge in [0.15, 0.2) is 0 Å². The van der Waals surface area contributed by atoms with E-state index in [2.05, 4.69) is 16.7 Å². The maximum absolute atomic E-state index is 12.7. The summed E-state index contributed by atoms with van der Waals surface area (Å²) < 4.78 is 38.1. The molecule has 1 aromatic rings. The van der Waals surface area contributed by atoms with Crippen molar-refractivity contribution in [1.82, 2.24) is 5.32 Å². The number of nitrogens with one attached hydrogen (secondary N) is 2. The number of amides is 1. The Hall–Kier alpha value is -2.35. The second-order valence-corrected chi connectivity index (χ2v) is 6.53. The van der Waals surface area contributed by atoms with Gasteiger partial charge in [0, 0.05) is 5.69 Å². The van der Waals surface area contributed by atoms with Crippen LogP contribution in [0.2, 0.25) is 0 Å². The molecule has 1 atom stereocenters. The molecule has 8 heteroatoms. The molecule has 1 aromatic carbocycles. The third-order valence-electron chi connectivity index (χ3n) is 4.38. The van der Waals surface area contributed by atoms with E-state index in [9.17, 15) is 27.9 Å². The highest BCUT2D eigenvalue weighted by Crippen LogP contribution is 2.30. The van der Waals surface area contributed by atoms with Crippen LogP contribution in [0.15, 0.2) is 35.9 Å². The number of anilines is 1. The van der Waals surface area contributed by atoms with Gasteiger partial charge in [0.1, 0.15) is 6.04 Å². The van der Waals surface area contributed by atoms with Gasteiger partial charge in [-0.3, -0.25) is 9.59 Å². The number of aliphatic carboxylic acids is 1. The summed E-state index contributed by atoms with van der Waals surface area (Å²) in [7, 11) is 0. The molecule has 148 valence electrons. The number of benzene rings is 1. The monoisotopic (exact) mass is 384 g/mol. The van der Waals surface area contributed by atoms with Crippen LogP contribution in [0.5, 0.6) is 0 Å². The highest BCUT2D eigenvalue weighted by molar-refractivity contribution is 5.94. The standard InChI is InChI=1S/C19H23F3N2O3/c20-19(21,22)14-7-4-8-15(11-14)24-17(25)12-16(18(26)27)23-10-9-13-5-2-1-3-6-13/h4-5,7-8,11,16,23H,1-3,6,9-10,12H2,(H,24,25)(H,26,27). The normalized spacial score (nSPS) is 15.7. The SMILES string of the molecule is O=C(CC(NCCC1=CCCCC1)C(=O)O)Nc1cccc(C(F)(F)F)c1. The number of carbonyl (C=O) groups is 2. The van der Waals surface area contributed by atoms with Crippen molar-refractivity contribution in [3.63, 3.8) is 0 Å². The number of carbonyl (C=O) groups excluding carboxylic acids is 1. The second-order valence-electron chi connectivity index (χ2n) is 6.53. The molecule has 3 N–H and O–H groups in total. The lowest BCUT2D eigenvalue weighted by molar-refractivity contribution is -0.141. The van der Waals surface area contributed by atoms with Crippen LogP contribution < -0.4 is 10.6 Å². The highest BCUT2D eigenvalue weighted by atomic mass is 19.4. The molecule has 0 radical (unpaired) electrons. The summed E-state index contributed by atoms with van der Waals surface area (Å²) in [5.41, 5.74) is 0.381. The van der Waals surface area contributed by atoms with Crippen molar-refractivity contribution >= 4 is 17.6 Å². The Morgan fingerprint density at radius 1 is 1.22 bits per heavy atom. The van der Waals surface area contributed by atoms with Crippen molar-refractivity contribution < 1.29 is 27.9 Å². The first-order valence-corrected chi connectivity index (χ1v) is 8.87. The van der Waals surface area contributed by atoms with Crippen molar-refractivity contribution in [1.29, 1.82) is 0 Å². The van der Waals surface area contributed by atoms with E-state index < -0.39 is 29.7 Å². The minimum Gasteiger partial charge on any atom is -0.480 e. The Morgan fingerprint density at radius 2 is 2.00 bits per heavy atom. The summed E-state index contributed by atoms with van der Waals surface area (Å²) in [5.74, 6) is -1.84. The van der Waals surface area contributed by atoms with E-state index in [1.165, 1.54) is 24.1 Å². The molecule has 1 amide bonds. The average Bonchev–Trinajstić information content (AvgIpc) is 2.61. The topological polar surface area (TPSA) is 78.4 Å². The van der Waals surface area contributed by atoms with E-state index in [1.807, 2.05) is 0 Å². The lowest BCUT2D eigenvalue weighted by atomic mass is 9.97. The molecule has 0 saturated carbocycles. The molecular weight excluding hydrogens is 361 g/mol. The van der Waals surface area contributed by atoms with Crippen molar-refractivity contribution in [3.05, 3.63) is 41.5 Å². The number of carboxylic acids is 1. The summed E-state index contributed by atoms with van der Waals surface area (Å²) in [5, 5.41) is 14.4. The lowest BCUT2D eigenvalue weighted by Gasteiger charge is -2.17. The molecule has 1 unspecified atom stereocenters. The van der Waals surface area contributed by atoms with Crippen molar-refractivity contribution in [2.24, 2.45) is 0 Å². The first kappa shape index (κ1) is 21.0. The summed E-state index contributed by atoms with van der Waals surface area (Å²) >= 11 is 0. The maximum atomic E-state index is 12.7. The molecule has 27 heavy (non-hydrogen) atoms. The minimum absolute atomic E-state index is 0.0219. The zero-order chi connectivity index (χ0) is 19.9. The van der Waals surface area contributed by atoms with Gasteiger partial charge >= 0.3 is 12.1 Å². The van der Waals surface area contributed by atoms with Gasteiger partial charge < -0.3 is 15.7 Å². The van der Waals surface area contributed by atoms with Crippen molar-refractivity contribution in [2.75, 3.05) is 11.9 Å². The molecule has 2 rings (SSSR count). The fourth-order valence-corrected chi connectivity index (χ4v) is 2.96. The zero-order valence-electron chi connectivity index (χ0n) is 14.8.